The molecule has 3 rings (SSSR count). The maximum absolute atomic E-state index is 6.73. The van der Waals surface area contributed by atoms with Gasteiger partial charge in [-0.05, 0) is 42.3 Å². The lowest BCUT2D eigenvalue weighted by Gasteiger charge is -2.40. The molecule has 2 aromatic rings. The molecule has 0 N–H and O–H groups in total. The van der Waals surface area contributed by atoms with Gasteiger partial charge in [-0.15, -0.1) is 44.3 Å². The molecule has 2 atom stereocenters. The topological polar surface area (TPSA) is 0 Å². The van der Waals surface area contributed by atoms with Crippen LogP contribution in [0.25, 0.3) is 0 Å². The van der Waals surface area contributed by atoms with E-state index in [0.717, 1.165) is 0 Å². The van der Waals surface area contributed by atoms with Crippen molar-refractivity contribution in [1.82, 2.24) is 0 Å². The molecule has 1 aliphatic carbocycles. The Morgan fingerprint density at radius 3 is 1.61 bits per heavy atom. The third kappa shape index (κ3) is 3.27. The monoisotopic (exact) mass is 418 g/mol. The van der Waals surface area contributed by atoms with Crippen LogP contribution in [0.3, 0.4) is 0 Å². The van der Waals surface area contributed by atoms with E-state index in [2.05, 4.69) is 37.3 Å². The summed E-state index contributed by atoms with van der Waals surface area (Å²) in [6.45, 7) is 1.08. The van der Waals surface area contributed by atoms with E-state index in [1.54, 1.807) is 0 Å². The molecule has 0 heterocycles. The second-order valence-corrected chi connectivity index (χ2v) is 22.1. The molecule has 6 heteroatoms. The second-order valence-electron chi connectivity index (χ2n) is 6.54. The highest BCUT2D eigenvalue weighted by atomic mass is 35.7. The summed E-state index contributed by atoms with van der Waals surface area (Å²) in [6.07, 6.45) is 0. The summed E-state index contributed by atoms with van der Waals surface area (Å²) in [6, 6.07) is 14.8. The van der Waals surface area contributed by atoms with E-state index in [1.807, 2.05) is 25.2 Å². The Bertz CT molecular complexity index is 747. The SMILES string of the molecule is Cc1ccc2c(c1)C([Si](C)(Cl)Cl)c1ccccc1C2[Si](C)(Cl)Cl. The number of rotatable bonds is 2. The van der Waals surface area contributed by atoms with Crippen LogP contribution < -0.4 is 0 Å². The first-order valence-corrected chi connectivity index (χ1v) is 16.8. The lowest BCUT2D eigenvalue weighted by Crippen LogP contribution is -2.37. The minimum absolute atomic E-state index is 0.0397. The van der Waals surface area contributed by atoms with Gasteiger partial charge in [0.05, 0.1) is 0 Å². The molecule has 0 nitrogen and oxygen atoms in total. The largest absolute Gasteiger partial charge is 0.259 e. The molecule has 23 heavy (non-hydrogen) atoms. The molecule has 0 radical (unpaired) electrons. The van der Waals surface area contributed by atoms with Crippen LogP contribution in [0.15, 0.2) is 42.5 Å². The fourth-order valence-electron chi connectivity index (χ4n) is 3.67. The van der Waals surface area contributed by atoms with Crippen molar-refractivity contribution in [2.75, 3.05) is 0 Å². The average Bonchev–Trinajstić information content (AvgIpc) is 2.41. The van der Waals surface area contributed by atoms with E-state index in [-0.39, 0.29) is 11.1 Å². The third-order valence-electron chi connectivity index (χ3n) is 4.50. The van der Waals surface area contributed by atoms with Crippen LogP contribution in [0, 0.1) is 6.92 Å². The normalized spacial score (nSPS) is 20.8. The van der Waals surface area contributed by atoms with Gasteiger partial charge in [-0.1, -0.05) is 48.0 Å². The van der Waals surface area contributed by atoms with Crippen LogP contribution in [0.1, 0.15) is 38.9 Å². The third-order valence-corrected chi connectivity index (χ3v) is 10.4. The molecule has 0 amide bonds. The van der Waals surface area contributed by atoms with E-state index in [9.17, 15) is 0 Å². The predicted molar refractivity (Wildman–Crippen MR) is 108 cm³/mol. The van der Waals surface area contributed by atoms with Gasteiger partial charge in [0.15, 0.2) is 0 Å². The number of benzene rings is 2. The lowest BCUT2D eigenvalue weighted by molar-refractivity contribution is 0.926. The smallest absolute Gasteiger partial charge is 0.145 e. The first kappa shape index (κ1) is 17.8. The summed E-state index contributed by atoms with van der Waals surface area (Å²) in [5, 5.41) is 0. The minimum Gasteiger partial charge on any atom is -0.145 e. The van der Waals surface area contributed by atoms with Gasteiger partial charge >= 0.3 is 0 Å². The lowest BCUT2D eigenvalue weighted by atomic mass is 9.84. The molecule has 0 saturated heterocycles. The van der Waals surface area contributed by atoms with Crippen molar-refractivity contribution < 1.29 is 0 Å². The molecule has 2 aromatic carbocycles. The van der Waals surface area contributed by atoms with Gasteiger partial charge < -0.3 is 0 Å². The maximum Gasteiger partial charge on any atom is 0.259 e. The molecule has 1 aliphatic rings. The Morgan fingerprint density at radius 1 is 0.696 bits per heavy atom. The van der Waals surface area contributed by atoms with Gasteiger partial charge in [-0.25, -0.2) is 0 Å². The summed E-state index contributed by atoms with van der Waals surface area (Å²) in [5.74, 6) is 0. The maximum atomic E-state index is 6.73. The Morgan fingerprint density at radius 2 is 1.13 bits per heavy atom. The fraction of sp³-hybridized carbons (Fsp3) is 0.294. The number of hydrogen-bond acceptors (Lipinski definition) is 0. The highest BCUT2D eigenvalue weighted by Crippen LogP contribution is 2.53. The van der Waals surface area contributed by atoms with Crippen LogP contribution in [-0.2, 0) is 0 Å². The predicted octanol–water partition coefficient (Wildman–Crippen LogP) is 6.75. The molecular formula is C17H18Cl4Si2. The van der Waals surface area contributed by atoms with Crippen molar-refractivity contribution in [2.24, 2.45) is 0 Å². The number of hydrogen-bond donors (Lipinski definition) is 0. The quantitative estimate of drug-likeness (QED) is 0.372. The van der Waals surface area contributed by atoms with Gasteiger partial charge in [0.25, 0.3) is 13.4 Å². The summed E-state index contributed by atoms with van der Waals surface area (Å²) in [5.41, 5.74) is 6.05. The Kier molecular flexibility index (Phi) is 4.72. The Hall–Kier alpha value is 0.0338. The standard InChI is InChI=1S/C17H18Cl4Si2/c1-11-8-9-14-15(10-11)17(23(3,20)21)13-7-5-4-6-12(13)16(14)22(2,18)19/h4-10,16-17H,1-3H3. The van der Waals surface area contributed by atoms with Crippen molar-refractivity contribution >= 4 is 57.7 Å². The number of aryl methyl sites for hydroxylation is 1. The summed E-state index contributed by atoms with van der Waals surface area (Å²) in [7, 11) is 0. The summed E-state index contributed by atoms with van der Waals surface area (Å²) in [4.78, 5) is 0. The van der Waals surface area contributed by atoms with Crippen molar-refractivity contribution in [1.29, 1.82) is 0 Å². The van der Waals surface area contributed by atoms with Gasteiger partial charge in [-0.2, -0.15) is 0 Å². The molecule has 0 aromatic heterocycles. The van der Waals surface area contributed by atoms with E-state index >= 15 is 0 Å². The van der Waals surface area contributed by atoms with E-state index in [4.69, 9.17) is 44.3 Å². The molecule has 2 unspecified atom stereocenters. The zero-order valence-corrected chi connectivity index (χ0v) is 18.2. The molecule has 0 saturated carbocycles. The first-order valence-electron chi connectivity index (χ1n) is 7.55. The van der Waals surface area contributed by atoms with Crippen molar-refractivity contribution in [3.05, 3.63) is 70.3 Å². The second kappa shape index (κ2) is 6.08. The highest BCUT2D eigenvalue weighted by molar-refractivity contribution is 7.46. The molecule has 0 spiro atoms. The highest BCUT2D eigenvalue weighted by Gasteiger charge is 2.47. The zero-order valence-electron chi connectivity index (χ0n) is 13.2. The van der Waals surface area contributed by atoms with Gasteiger partial charge in [-0.3, -0.25) is 0 Å². The number of fused-ring (bicyclic) bond motifs is 2. The first-order chi connectivity index (χ1) is 10.6. The number of halogens is 4. The van der Waals surface area contributed by atoms with Crippen LogP contribution in [0.2, 0.25) is 13.1 Å². The van der Waals surface area contributed by atoms with Crippen LogP contribution in [0.5, 0.6) is 0 Å². The van der Waals surface area contributed by atoms with Gasteiger partial charge in [0.2, 0.25) is 0 Å². The summed E-state index contributed by atoms with van der Waals surface area (Å²) < 4.78 is 0. The fourth-order valence-corrected chi connectivity index (χ4v) is 9.72. The van der Waals surface area contributed by atoms with Crippen molar-refractivity contribution in [2.45, 2.75) is 31.1 Å². The van der Waals surface area contributed by atoms with Crippen LogP contribution in [0.4, 0.5) is 0 Å². The molecule has 122 valence electrons. The van der Waals surface area contributed by atoms with Crippen molar-refractivity contribution in [3.8, 4) is 0 Å². The van der Waals surface area contributed by atoms with Crippen molar-refractivity contribution in [3.63, 3.8) is 0 Å². The Labute approximate surface area is 158 Å². The van der Waals surface area contributed by atoms with Crippen LogP contribution >= 0.6 is 44.3 Å². The summed E-state index contributed by atoms with van der Waals surface area (Å²) >= 11 is 26.9. The molecular weight excluding hydrogens is 402 g/mol. The van der Waals surface area contributed by atoms with E-state index < -0.39 is 13.4 Å². The van der Waals surface area contributed by atoms with Gasteiger partial charge in [0.1, 0.15) is 0 Å². The molecule has 0 aliphatic heterocycles. The molecule has 0 fully saturated rings. The minimum atomic E-state index is -2.50. The molecule has 0 bridgehead atoms. The Balaban J connectivity index is 2.36. The van der Waals surface area contributed by atoms with E-state index in [0.29, 0.717) is 0 Å². The average molecular weight is 420 g/mol. The zero-order chi connectivity index (χ0) is 17.0. The van der Waals surface area contributed by atoms with Crippen LogP contribution in [-0.4, -0.2) is 13.4 Å². The van der Waals surface area contributed by atoms with Gasteiger partial charge in [0, 0.05) is 11.1 Å². The van der Waals surface area contributed by atoms with E-state index in [1.165, 1.54) is 27.8 Å².